The van der Waals surface area contributed by atoms with Gasteiger partial charge in [-0.05, 0) is 58.9 Å². The molecule has 0 aromatic heterocycles. The summed E-state index contributed by atoms with van der Waals surface area (Å²) in [4.78, 5) is 2.45. The molecule has 2 nitrogen and oxygen atoms in total. The summed E-state index contributed by atoms with van der Waals surface area (Å²) < 4.78 is 0. The minimum atomic E-state index is -0.519. The average Bonchev–Trinajstić information content (AvgIpc) is 2.25. The van der Waals surface area contributed by atoms with Crippen molar-refractivity contribution in [3.8, 4) is 0 Å². The van der Waals surface area contributed by atoms with Gasteiger partial charge in [-0.1, -0.05) is 13.3 Å². The van der Waals surface area contributed by atoms with Crippen LogP contribution in [0.15, 0.2) is 0 Å². The average molecular weight is 227 g/mol. The van der Waals surface area contributed by atoms with Gasteiger partial charge in [0, 0.05) is 12.6 Å². The van der Waals surface area contributed by atoms with E-state index in [9.17, 15) is 5.11 Å². The van der Waals surface area contributed by atoms with Crippen LogP contribution >= 0.6 is 0 Å². The fourth-order valence-corrected chi connectivity index (χ4v) is 2.63. The van der Waals surface area contributed by atoms with E-state index in [0.717, 1.165) is 24.9 Å². The van der Waals surface area contributed by atoms with Crippen LogP contribution in [-0.2, 0) is 0 Å². The third-order valence-corrected chi connectivity index (χ3v) is 4.09. The van der Waals surface area contributed by atoms with Gasteiger partial charge in [0.2, 0.25) is 0 Å². The Kier molecular flexibility index (Phi) is 5.26. The Morgan fingerprint density at radius 3 is 2.19 bits per heavy atom. The van der Waals surface area contributed by atoms with Crippen LogP contribution in [0.25, 0.3) is 0 Å². The molecule has 96 valence electrons. The van der Waals surface area contributed by atoms with Crippen molar-refractivity contribution in [2.45, 2.75) is 70.9 Å². The van der Waals surface area contributed by atoms with Crippen LogP contribution in [-0.4, -0.2) is 35.2 Å². The fourth-order valence-electron chi connectivity index (χ4n) is 2.63. The quantitative estimate of drug-likeness (QED) is 0.780. The Hall–Kier alpha value is -0.0800. The van der Waals surface area contributed by atoms with Crippen LogP contribution in [0.5, 0.6) is 0 Å². The molecular weight excluding hydrogens is 198 g/mol. The molecule has 1 aliphatic rings. The van der Waals surface area contributed by atoms with Gasteiger partial charge >= 0.3 is 0 Å². The smallest absolute Gasteiger partial charge is 0.0603 e. The van der Waals surface area contributed by atoms with Gasteiger partial charge in [-0.3, -0.25) is 0 Å². The summed E-state index contributed by atoms with van der Waals surface area (Å²) >= 11 is 0. The van der Waals surface area contributed by atoms with Crippen molar-refractivity contribution < 1.29 is 5.11 Å². The number of nitrogens with zero attached hydrogens (tertiary/aromatic N) is 1. The Morgan fingerprint density at radius 1 is 1.19 bits per heavy atom. The van der Waals surface area contributed by atoms with E-state index in [0.29, 0.717) is 0 Å². The predicted molar refractivity (Wildman–Crippen MR) is 69.6 cm³/mol. The number of hydrogen-bond donors (Lipinski definition) is 1. The van der Waals surface area contributed by atoms with Gasteiger partial charge in [-0.15, -0.1) is 0 Å². The summed E-state index contributed by atoms with van der Waals surface area (Å²) in [5.41, 5.74) is -0.519. The molecule has 1 saturated carbocycles. The van der Waals surface area contributed by atoms with E-state index in [2.05, 4.69) is 18.9 Å². The third-order valence-electron chi connectivity index (χ3n) is 4.09. The minimum Gasteiger partial charge on any atom is -0.390 e. The molecule has 1 fully saturated rings. The Balaban J connectivity index is 2.25. The molecule has 1 N–H and O–H groups in total. The molecule has 0 amide bonds. The van der Waals surface area contributed by atoms with Gasteiger partial charge in [0.05, 0.1) is 5.60 Å². The highest BCUT2D eigenvalue weighted by Gasteiger charge is 2.24. The molecular formula is C14H29NO. The van der Waals surface area contributed by atoms with Crippen LogP contribution in [0.3, 0.4) is 0 Å². The standard InChI is InChI=1S/C14H29NO/c1-5-12-6-8-13(9-7-12)15(4)11-10-14(2,3)16/h12-13,16H,5-11H2,1-4H3. The zero-order valence-electron chi connectivity index (χ0n) is 11.5. The van der Waals surface area contributed by atoms with Gasteiger partial charge in [0.1, 0.15) is 0 Å². The largest absolute Gasteiger partial charge is 0.390 e. The van der Waals surface area contributed by atoms with Crippen molar-refractivity contribution >= 4 is 0 Å². The van der Waals surface area contributed by atoms with E-state index in [1.807, 2.05) is 13.8 Å². The maximum atomic E-state index is 9.72. The molecule has 0 spiro atoms. The normalized spacial score (nSPS) is 27.4. The first-order valence-electron chi connectivity index (χ1n) is 6.85. The maximum absolute atomic E-state index is 9.72. The van der Waals surface area contributed by atoms with Crippen molar-refractivity contribution in [1.82, 2.24) is 4.90 Å². The molecule has 0 radical (unpaired) electrons. The summed E-state index contributed by atoms with van der Waals surface area (Å²) in [7, 11) is 2.21. The van der Waals surface area contributed by atoms with E-state index >= 15 is 0 Å². The highest BCUT2D eigenvalue weighted by Crippen LogP contribution is 2.29. The first kappa shape index (κ1) is 14.0. The number of hydrogen-bond acceptors (Lipinski definition) is 2. The predicted octanol–water partition coefficient (Wildman–Crippen LogP) is 3.05. The lowest BCUT2D eigenvalue weighted by atomic mass is 9.84. The Bertz CT molecular complexity index is 189. The van der Waals surface area contributed by atoms with Crippen molar-refractivity contribution in [2.75, 3.05) is 13.6 Å². The Labute approximate surface area is 101 Å². The highest BCUT2D eigenvalue weighted by molar-refractivity contribution is 4.79. The zero-order valence-corrected chi connectivity index (χ0v) is 11.5. The number of aliphatic hydroxyl groups is 1. The first-order valence-corrected chi connectivity index (χ1v) is 6.85. The molecule has 16 heavy (non-hydrogen) atoms. The highest BCUT2D eigenvalue weighted by atomic mass is 16.3. The fraction of sp³-hybridized carbons (Fsp3) is 1.00. The van der Waals surface area contributed by atoms with Gasteiger partial charge in [0.25, 0.3) is 0 Å². The maximum Gasteiger partial charge on any atom is 0.0603 e. The van der Waals surface area contributed by atoms with Gasteiger partial charge < -0.3 is 10.0 Å². The molecule has 0 atom stereocenters. The molecule has 1 aliphatic carbocycles. The second-order valence-electron chi connectivity index (χ2n) is 6.13. The summed E-state index contributed by atoms with van der Waals surface area (Å²) in [6.07, 6.45) is 7.71. The van der Waals surface area contributed by atoms with E-state index in [4.69, 9.17) is 0 Å². The Morgan fingerprint density at radius 2 is 1.75 bits per heavy atom. The minimum absolute atomic E-state index is 0.519. The molecule has 0 aliphatic heterocycles. The SMILES string of the molecule is CCC1CCC(N(C)CCC(C)(C)O)CC1. The zero-order chi connectivity index (χ0) is 12.2. The van der Waals surface area contributed by atoms with Crippen LogP contribution in [0.4, 0.5) is 0 Å². The van der Waals surface area contributed by atoms with Crippen LogP contribution < -0.4 is 0 Å². The summed E-state index contributed by atoms with van der Waals surface area (Å²) in [5.74, 6) is 0.971. The summed E-state index contributed by atoms with van der Waals surface area (Å²) in [6.45, 7) is 7.12. The molecule has 0 aromatic rings. The lowest BCUT2D eigenvalue weighted by Gasteiger charge is -2.35. The van der Waals surface area contributed by atoms with E-state index < -0.39 is 5.60 Å². The summed E-state index contributed by atoms with van der Waals surface area (Å²) in [5, 5.41) is 9.72. The van der Waals surface area contributed by atoms with Crippen molar-refractivity contribution in [3.63, 3.8) is 0 Å². The van der Waals surface area contributed by atoms with Crippen molar-refractivity contribution in [1.29, 1.82) is 0 Å². The molecule has 0 heterocycles. The monoisotopic (exact) mass is 227 g/mol. The summed E-state index contributed by atoms with van der Waals surface area (Å²) in [6, 6.07) is 0.755. The van der Waals surface area contributed by atoms with E-state index in [1.165, 1.54) is 32.1 Å². The van der Waals surface area contributed by atoms with Crippen LogP contribution in [0.2, 0.25) is 0 Å². The first-order chi connectivity index (χ1) is 7.42. The lowest BCUT2D eigenvalue weighted by molar-refractivity contribution is 0.0507. The molecule has 0 saturated heterocycles. The second-order valence-corrected chi connectivity index (χ2v) is 6.13. The van der Waals surface area contributed by atoms with Gasteiger partial charge in [-0.25, -0.2) is 0 Å². The second kappa shape index (κ2) is 6.02. The van der Waals surface area contributed by atoms with E-state index in [-0.39, 0.29) is 0 Å². The molecule has 1 rings (SSSR count). The third kappa shape index (κ3) is 4.84. The van der Waals surface area contributed by atoms with Crippen molar-refractivity contribution in [2.24, 2.45) is 5.92 Å². The lowest BCUT2D eigenvalue weighted by Crippen LogP contribution is -2.38. The van der Waals surface area contributed by atoms with Crippen LogP contribution in [0.1, 0.15) is 59.3 Å². The number of rotatable bonds is 5. The molecule has 0 bridgehead atoms. The van der Waals surface area contributed by atoms with Gasteiger partial charge in [-0.2, -0.15) is 0 Å². The molecule has 2 heteroatoms. The molecule has 0 unspecified atom stereocenters. The van der Waals surface area contributed by atoms with E-state index in [1.54, 1.807) is 0 Å². The van der Waals surface area contributed by atoms with Crippen molar-refractivity contribution in [3.05, 3.63) is 0 Å². The van der Waals surface area contributed by atoms with Gasteiger partial charge in [0.15, 0.2) is 0 Å². The van der Waals surface area contributed by atoms with Crippen LogP contribution in [0, 0.1) is 5.92 Å². The topological polar surface area (TPSA) is 23.5 Å². The molecule has 0 aromatic carbocycles.